The van der Waals surface area contributed by atoms with Gasteiger partial charge in [0.15, 0.2) is 5.13 Å². The SMILES string of the molecule is O=C1NC(=O)C(Cc2ccc(C(=O)Nc3ncc(-c4ccc(Br)s4)s3)cc2)S1. The fourth-order valence-electron chi connectivity index (χ4n) is 2.60. The molecule has 0 saturated carbocycles. The van der Waals surface area contributed by atoms with Crippen molar-refractivity contribution in [2.75, 3.05) is 5.32 Å². The smallest absolute Gasteiger partial charge is 0.286 e. The summed E-state index contributed by atoms with van der Waals surface area (Å²) in [5, 5.41) is 4.88. The minimum atomic E-state index is -0.418. The summed E-state index contributed by atoms with van der Waals surface area (Å²) < 4.78 is 1.04. The molecule has 3 heterocycles. The largest absolute Gasteiger partial charge is 0.298 e. The third kappa shape index (κ3) is 4.35. The number of carbonyl (C=O) groups is 3. The molecule has 3 aromatic rings. The van der Waals surface area contributed by atoms with E-state index in [2.05, 4.69) is 31.5 Å². The number of nitrogens with one attached hydrogen (secondary N) is 2. The van der Waals surface area contributed by atoms with Gasteiger partial charge in [-0.3, -0.25) is 25.0 Å². The highest BCUT2D eigenvalue weighted by Crippen LogP contribution is 2.36. The minimum Gasteiger partial charge on any atom is -0.298 e. The molecular weight excluding hydrogens is 482 g/mol. The molecule has 0 aliphatic carbocycles. The van der Waals surface area contributed by atoms with Crippen LogP contribution in [0.25, 0.3) is 9.75 Å². The van der Waals surface area contributed by atoms with Crippen molar-refractivity contribution in [1.29, 1.82) is 0 Å². The van der Waals surface area contributed by atoms with Gasteiger partial charge in [-0.2, -0.15) is 0 Å². The summed E-state index contributed by atoms with van der Waals surface area (Å²) in [7, 11) is 0. The maximum absolute atomic E-state index is 12.5. The molecule has 1 fully saturated rings. The Balaban J connectivity index is 1.39. The maximum atomic E-state index is 12.5. The summed E-state index contributed by atoms with van der Waals surface area (Å²) in [6.45, 7) is 0. The van der Waals surface area contributed by atoms with E-state index in [1.807, 2.05) is 12.1 Å². The lowest BCUT2D eigenvalue weighted by molar-refractivity contribution is -0.118. The van der Waals surface area contributed by atoms with E-state index in [0.717, 1.165) is 30.9 Å². The molecule has 1 unspecified atom stereocenters. The normalized spacial score (nSPS) is 16.2. The highest BCUT2D eigenvalue weighted by atomic mass is 79.9. The van der Waals surface area contributed by atoms with Crippen molar-refractivity contribution in [3.63, 3.8) is 0 Å². The number of hydrogen-bond donors (Lipinski definition) is 2. The first-order valence-electron chi connectivity index (χ1n) is 8.11. The molecule has 1 aromatic carbocycles. The van der Waals surface area contributed by atoms with E-state index in [4.69, 9.17) is 0 Å². The van der Waals surface area contributed by atoms with Crippen molar-refractivity contribution in [1.82, 2.24) is 10.3 Å². The van der Waals surface area contributed by atoms with Crippen LogP contribution in [0.4, 0.5) is 9.93 Å². The van der Waals surface area contributed by atoms with Gasteiger partial charge >= 0.3 is 0 Å². The number of aromatic nitrogens is 1. The molecule has 142 valence electrons. The Morgan fingerprint density at radius 3 is 2.54 bits per heavy atom. The predicted octanol–water partition coefficient (Wildman–Crippen LogP) is 4.78. The number of benzene rings is 1. The average Bonchev–Trinajstić information content (AvgIpc) is 3.37. The second-order valence-corrected chi connectivity index (χ2v) is 10.5. The van der Waals surface area contributed by atoms with E-state index >= 15 is 0 Å². The Labute approximate surface area is 180 Å². The van der Waals surface area contributed by atoms with Crippen LogP contribution < -0.4 is 10.6 Å². The summed E-state index contributed by atoms with van der Waals surface area (Å²) in [4.78, 5) is 41.7. The Bertz CT molecular complexity index is 1060. The lowest BCUT2D eigenvalue weighted by Crippen LogP contribution is -2.25. The van der Waals surface area contributed by atoms with E-state index in [1.54, 1.807) is 41.8 Å². The average molecular weight is 494 g/mol. The van der Waals surface area contributed by atoms with Crippen LogP contribution in [0.2, 0.25) is 0 Å². The Morgan fingerprint density at radius 1 is 1.11 bits per heavy atom. The van der Waals surface area contributed by atoms with E-state index < -0.39 is 5.25 Å². The van der Waals surface area contributed by atoms with E-state index in [9.17, 15) is 14.4 Å². The number of anilines is 1. The van der Waals surface area contributed by atoms with Crippen LogP contribution in [0.1, 0.15) is 15.9 Å². The summed E-state index contributed by atoms with van der Waals surface area (Å²) in [6, 6.07) is 11.0. The molecule has 2 aromatic heterocycles. The predicted molar refractivity (Wildman–Crippen MR) is 116 cm³/mol. The van der Waals surface area contributed by atoms with Crippen molar-refractivity contribution in [2.45, 2.75) is 11.7 Å². The molecule has 6 nitrogen and oxygen atoms in total. The van der Waals surface area contributed by atoms with Crippen molar-refractivity contribution < 1.29 is 14.4 Å². The summed E-state index contributed by atoms with van der Waals surface area (Å²) in [5.41, 5.74) is 1.39. The minimum absolute atomic E-state index is 0.247. The van der Waals surface area contributed by atoms with Crippen LogP contribution in [0.3, 0.4) is 0 Å². The fraction of sp³-hybridized carbons (Fsp3) is 0.111. The molecule has 3 amide bonds. The van der Waals surface area contributed by atoms with Gasteiger partial charge in [0.2, 0.25) is 5.91 Å². The van der Waals surface area contributed by atoms with Gasteiger partial charge in [0.05, 0.1) is 13.9 Å². The first kappa shape index (κ1) is 19.3. The van der Waals surface area contributed by atoms with Crippen molar-refractivity contribution in [3.8, 4) is 9.75 Å². The van der Waals surface area contributed by atoms with Crippen molar-refractivity contribution in [3.05, 3.63) is 57.5 Å². The monoisotopic (exact) mass is 493 g/mol. The maximum Gasteiger partial charge on any atom is 0.286 e. The Hall–Kier alpha value is -2.01. The van der Waals surface area contributed by atoms with Gasteiger partial charge in [0.25, 0.3) is 11.1 Å². The number of carbonyl (C=O) groups excluding carboxylic acids is 3. The number of thioether (sulfide) groups is 1. The molecule has 10 heteroatoms. The number of amides is 3. The number of halogens is 1. The zero-order valence-corrected chi connectivity index (χ0v) is 18.1. The number of thiophene rings is 1. The number of thiazole rings is 1. The van der Waals surface area contributed by atoms with Crippen LogP contribution in [0, 0.1) is 0 Å². The molecule has 0 spiro atoms. The van der Waals surface area contributed by atoms with Gasteiger partial charge in [0.1, 0.15) is 0 Å². The van der Waals surface area contributed by atoms with E-state index in [0.29, 0.717) is 17.1 Å². The second kappa shape index (κ2) is 8.16. The first-order chi connectivity index (χ1) is 13.5. The van der Waals surface area contributed by atoms with Crippen LogP contribution in [-0.4, -0.2) is 27.3 Å². The van der Waals surface area contributed by atoms with Crippen LogP contribution >= 0.6 is 50.4 Å². The Kier molecular flexibility index (Phi) is 5.63. The quantitative estimate of drug-likeness (QED) is 0.533. The number of nitrogens with zero attached hydrogens (tertiary/aromatic N) is 1. The number of imide groups is 1. The molecule has 4 rings (SSSR count). The Morgan fingerprint density at radius 2 is 1.89 bits per heavy atom. The molecule has 1 aliphatic heterocycles. The highest BCUT2D eigenvalue weighted by Gasteiger charge is 2.31. The summed E-state index contributed by atoms with van der Waals surface area (Å²) >= 11 is 7.46. The molecule has 1 aliphatic rings. The lowest BCUT2D eigenvalue weighted by atomic mass is 10.1. The molecule has 1 saturated heterocycles. The highest BCUT2D eigenvalue weighted by molar-refractivity contribution is 9.11. The number of rotatable bonds is 5. The lowest BCUT2D eigenvalue weighted by Gasteiger charge is -2.06. The standard InChI is InChI=1S/C18H12BrN3O3S3/c19-14-6-5-11(26-14)13-8-20-17(27-13)21-15(23)10-3-1-9(2-4-10)7-12-16(24)22-18(25)28-12/h1-6,8,12H,7H2,(H,20,21,23)(H,22,24,25). The third-order valence-corrected chi connectivity index (χ3v) is 7.66. The van der Waals surface area contributed by atoms with Gasteiger partial charge < -0.3 is 0 Å². The fourth-order valence-corrected chi connectivity index (χ4v) is 5.73. The van der Waals surface area contributed by atoms with Gasteiger partial charge in [-0.05, 0) is 52.2 Å². The molecule has 0 bridgehead atoms. The van der Waals surface area contributed by atoms with E-state index in [-0.39, 0.29) is 17.1 Å². The van der Waals surface area contributed by atoms with E-state index in [1.165, 1.54) is 11.3 Å². The van der Waals surface area contributed by atoms with Gasteiger partial charge in [-0.15, -0.1) is 11.3 Å². The first-order valence-corrected chi connectivity index (χ1v) is 11.4. The second-order valence-electron chi connectivity index (χ2n) is 5.87. The third-order valence-electron chi connectivity index (χ3n) is 3.95. The zero-order valence-electron chi connectivity index (χ0n) is 14.1. The topological polar surface area (TPSA) is 88.2 Å². The zero-order chi connectivity index (χ0) is 19.7. The van der Waals surface area contributed by atoms with Crippen molar-refractivity contribution in [2.24, 2.45) is 0 Å². The molecule has 0 radical (unpaired) electrons. The molecule has 2 N–H and O–H groups in total. The number of hydrogen-bond acceptors (Lipinski definition) is 7. The van der Waals surface area contributed by atoms with Gasteiger partial charge in [-0.25, -0.2) is 4.98 Å². The molecule has 1 atom stereocenters. The van der Waals surface area contributed by atoms with Crippen LogP contribution in [0.5, 0.6) is 0 Å². The van der Waals surface area contributed by atoms with Gasteiger partial charge in [-0.1, -0.05) is 35.2 Å². The van der Waals surface area contributed by atoms with Gasteiger partial charge in [0, 0.05) is 16.6 Å². The summed E-state index contributed by atoms with van der Waals surface area (Å²) in [5.74, 6) is -0.517. The summed E-state index contributed by atoms with van der Waals surface area (Å²) in [6.07, 6.45) is 2.18. The van der Waals surface area contributed by atoms with Crippen LogP contribution in [0.15, 0.2) is 46.4 Å². The molecular formula is C18H12BrN3O3S3. The van der Waals surface area contributed by atoms with Crippen LogP contribution in [-0.2, 0) is 11.2 Å². The molecule has 28 heavy (non-hydrogen) atoms. The van der Waals surface area contributed by atoms with Crippen molar-refractivity contribution >= 4 is 72.6 Å².